The van der Waals surface area contributed by atoms with E-state index in [0.29, 0.717) is 42.2 Å². The smallest absolute Gasteiger partial charge is 0.341 e. The number of ether oxygens (including phenoxy) is 3. The van der Waals surface area contributed by atoms with E-state index in [2.05, 4.69) is 4.99 Å². The van der Waals surface area contributed by atoms with E-state index in [-0.39, 0.29) is 34.7 Å². The minimum Gasteiger partial charge on any atom is -0.497 e. The monoisotopic (exact) mass is 532 g/mol. The Balaban J connectivity index is 2.03. The maximum Gasteiger partial charge on any atom is 0.341 e. The van der Waals surface area contributed by atoms with Crippen molar-refractivity contribution < 1.29 is 23.8 Å². The lowest BCUT2D eigenvalue weighted by Crippen LogP contribution is -2.33. The van der Waals surface area contributed by atoms with Crippen LogP contribution in [-0.4, -0.2) is 52.3 Å². The largest absolute Gasteiger partial charge is 0.497 e. The van der Waals surface area contributed by atoms with Crippen LogP contribution < -0.4 is 15.8 Å². The van der Waals surface area contributed by atoms with Gasteiger partial charge in [-0.2, -0.15) is 4.99 Å². The number of pyridine rings is 2. The van der Waals surface area contributed by atoms with Crippen molar-refractivity contribution in [3.63, 3.8) is 0 Å². The molecule has 0 spiro atoms. The molecule has 0 N–H and O–H groups in total. The third-order valence-corrected chi connectivity index (χ3v) is 6.12. The van der Waals surface area contributed by atoms with E-state index < -0.39 is 11.9 Å². The molecule has 10 heteroatoms. The molecule has 3 aromatic heterocycles. The quantitative estimate of drug-likeness (QED) is 0.183. The molecule has 0 aliphatic heterocycles. The van der Waals surface area contributed by atoms with Crippen LogP contribution >= 0.6 is 0 Å². The van der Waals surface area contributed by atoms with Crippen LogP contribution in [0.15, 0.2) is 58.4 Å². The van der Waals surface area contributed by atoms with Crippen LogP contribution in [0.25, 0.3) is 16.7 Å². The van der Waals surface area contributed by atoms with Crippen LogP contribution in [0.3, 0.4) is 0 Å². The molecule has 0 unspecified atom stereocenters. The molecule has 3 heterocycles. The number of carbonyl (C=O) groups is 2. The van der Waals surface area contributed by atoms with E-state index in [1.807, 2.05) is 26.8 Å². The molecule has 4 rings (SSSR count). The SMILES string of the molecule is CCOC(=O)c1cc2c(=O)n3cccc(C)c3nc2n(CCCOC(C)C)c1=NC(=O)c1ccc(OC)cc1. The Hall–Kier alpha value is -4.31. The highest BCUT2D eigenvalue weighted by Crippen LogP contribution is 2.15. The average Bonchev–Trinajstić information content (AvgIpc) is 2.92. The van der Waals surface area contributed by atoms with Crippen molar-refractivity contribution >= 4 is 28.6 Å². The van der Waals surface area contributed by atoms with Gasteiger partial charge in [0.15, 0.2) is 5.49 Å². The van der Waals surface area contributed by atoms with Gasteiger partial charge in [0.2, 0.25) is 0 Å². The van der Waals surface area contributed by atoms with Gasteiger partial charge >= 0.3 is 5.97 Å². The molecule has 0 radical (unpaired) electrons. The molecule has 0 saturated carbocycles. The molecular weight excluding hydrogens is 500 g/mol. The van der Waals surface area contributed by atoms with E-state index in [4.69, 9.17) is 19.2 Å². The molecule has 0 bridgehead atoms. The second-order valence-electron chi connectivity index (χ2n) is 9.21. The van der Waals surface area contributed by atoms with Gasteiger partial charge in [-0.3, -0.25) is 14.0 Å². The maximum absolute atomic E-state index is 13.6. The van der Waals surface area contributed by atoms with Crippen molar-refractivity contribution in [2.75, 3.05) is 20.3 Å². The fourth-order valence-corrected chi connectivity index (χ4v) is 4.21. The first kappa shape index (κ1) is 27.7. The highest BCUT2D eigenvalue weighted by atomic mass is 16.5. The Kier molecular flexibility index (Phi) is 8.55. The van der Waals surface area contributed by atoms with E-state index >= 15 is 0 Å². The molecular formula is C29H32N4O6. The molecule has 0 aliphatic rings. The number of rotatable bonds is 9. The van der Waals surface area contributed by atoms with Crippen LogP contribution in [0.5, 0.6) is 5.75 Å². The van der Waals surface area contributed by atoms with Gasteiger partial charge < -0.3 is 18.8 Å². The number of aryl methyl sites for hydroxylation is 2. The Morgan fingerprint density at radius 1 is 1.10 bits per heavy atom. The number of hydrogen-bond donors (Lipinski definition) is 0. The van der Waals surface area contributed by atoms with Gasteiger partial charge in [0.05, 0.1) is 25.2 Å². The Bertz CT molecular complexity index is 1650. The van der Waals surface area contributed by atoms with Crippen LogP contribution in [0.1, 0.15) is 53.5 Å². The summed E-state index contributed by atoms with van der Waals surface area (Å²) >= 11 is 0. The molecule has 0 aliphatic carbocycles. The highest BCUT2D eigenvalue weighted by molar-refractivity contribution is 5.97. The van der Waals surface area contributed by atoms with Gasteiger partial charge in [-0.15, -0.1) is 0 Å². The third kappa shape index (κ3) is 5.91. The number of carbonyl (C=O) groups excluding carboxylic acids is 2. The van der Waals surface area contributed by atoms with Crippen LogP contribution in [-0.2, 0) is 16.0 Å². The predicted molar refractivity (Wildman–Crippen MR) is 146 cm³/mol. The fraction of sp³-hybridized carbons (Fsp3) is 0.345. The number of benzene rings is 1. The first-order valence-electron chi connectivity index (χ1n) is 12.8. The molecule has 10 nitrogen and oxygen atoms in total. The number of hydrogen-bond acceptors (Lipinski definition) is 7. The zero-order chi connectivity index (χ0) is 28.1. The molecule has 39 heavy (non-hydrogen) atoms. The fourth-order valence-electron chi connectivity index (χ4n) is 4.21. The zero-order valence-corrected chi connectivity index (χ0v) is 22.8. The lowest BCUT2D eigenvalue weighted by Gasteiger charge is -2.16. The second-order valence-corrected chi connectivity index (χ2v) is 9.21. The molecule has 4 aromatic rings. The number of fused-ring (bicyclic) bond motifs is 2. The summed E-state index contributed by atoms with van der Waals surface area (Å²) in [4.78, 5) is 49.2. The number of nitrogens with zero attached hydrogens (tertiary/aromatic N) is 4. The zero-order valence-electron chi connectivity index (χ0n) is 22.8. The summed E-state index contributed by atoms with van der Waals surface area (Å²) in [5.74, 6) is -0.665. The lowest BCUT2D eigenvalue weighted by atomic mass is 10.2. The Morgan fingerprint density at radius 2 is 1.85 bits per heavy atom. The lowest BCUT2D eigenvalue weighted by molar-refractivity contribution is 0.0523. The van der Waals surface area contributed by atoms with Crippen LogP contribution in [0, 0.1) is 6.92 Å². The van der Waals surface area contributed by atoms with Gasteiger partial charge in [-0.1, -0.05) is 6.07 Å². The third-order valence-electron chi connectivity index (χ3n) is 6.12. The van der Waals surface area contributed by atoms with Crippen molar-refractivity contribution in [1.82, 2.24) is 14.0 Å². The van der Waals surface area contributed by atoms with Gasteiger partial charge in [-0.05, 0) is 76.1 Å². The minimum atomic E-state index is -0.693. The topological polar surface area (TPSA) is 113 Å². The van der Waals surface area contributed by atoms with Crippen LogP contribution in [0.4, 0.5) is 0 Å². The molecule has 0 fully saturated rings. The minimum absolute atomic E-state index is 0.00231. The number of aromatic nitrogens is 3. The number of esters is 1. The first-order chi connectivity index (χ1) is 18.7. The summed E-state index contributed by atoms with van der Waals surface area (Å²) in [6.07, 6.45) is 2.19. The summed E-state index contributed by atoms with van der Waals surface area (Å²) in [5.41, 5.74) is 1.62. The van der Waals surface area contributed by atoms with Crippen molar-refractivity contribution in [3.05, 3.63) is 81.2 Å². The van der Waals surface area contributed by atoms with Gasteiger partial charge in [0.25, 0.3) is 11.5 Å². The molecule has 1 amide bonds. The van der Waals surface area contributed by atoms with E-state index in [0.717, 1.165) is 5.56 Å². The average molecular weight is 533 g/mol. The summed E-state index contributed by atoms with van der Waals surface area (Å²) in [6.45, 7) is 8.25. The summed E-state index contributed by atoms with van der Waals surface area (Å²) < 4.78 is 19.3. The summed E-state index contributed by atoms with van der Waals surface area (Å²) in [5, 5.41) is 0.210. The molecule has 204 valence electrons. The predicted octanol–water partition coefficient (Wildman–Crippen LogP) is 3.70. The normalized spacial score (nSPS) is 11.9. The van der Waals surface area contributed by atoms with E-state index in [1.54, 1.807) is 48.0 Å². The maximum atomic E-state index is 13.6. The van der Waals surface area contributed by atoms with Crippen molar-refractivity contribution in [2.24, 2.45) is 4.99 Å². The molecule has 0 saturated heterocycles. The molecule has 1 aromatic carbocycles. The second kappa shape index (κ2) is 12.0. The standard InChI is InChI=1S/C29H32N4O6/c1-6-38-29(36)23-17-22-25(30-24-19(4)9-7-14-33(24)28(22)35)32(15-8-16-39-18(2)3)26(23)31-27(34)20-10-12-21(37-5)13-11-20/h7,9-14,17-18H,6,8,15-16H2,1-5H3. The van der Waals surface area contributed by atoms with E-state index in [9.17, 15) is 14.4 Å². The van der Waals surface area contributed by atoms with Crippen molar-refractivity contribution in [1.29, 1.82) is 0 Å². The van der Waals surface area contributed by atoms with Gasteiger partial charge in [0.1, 0.15) is 22.6 Å². The van der Waals surface area contributed by atoms with Crippen LogP contribution in [0.2, 0.25) is 0 Å². The Morgan fingerprint density at radius 3 is 2.51 bits per heavy atom. The first-order valence-corrected chi connectivity index (χ1v) is 12.8. The Labute approximate surface area is 225 Å². The summed E-state index contributed by atoms with van der Waals surface area (Å²) in [6, 6.07) is 11.5. The highest BCUT2D eigenvalue weighted by Gasteiger charge is 2.20. The van der Waals surface area contributed by atoms with Gasteiger partial charge in [-0.25, -0.2) is 9.78 Å². The van der Waals surface area contributed by atoms with Crippen molar-refractivity contribution in [2.45, 2.75) is 46.8 Å². The summed E-state index contributed by atoms with van der Waals surface area (Å²) in [7, 11) is 1.54. The van der Waals surface area contributed by atoms with E-state index in [1.165, 1.54) is 17.6 Å². The molecule has 0 atom stereocenters. The van der Waals surface area contributed by atoms with Crippen molar-refractivity contribution in [3.8, 4) is 5.75 Å². The number of methoxy groups -OCH3 is 1. The number of amides is 1. The van der Waals surface area contributed by atoms with Gasteiger partial charge in [0, 0.05) is 24.9 Å².